The molecule has 0 unspecified atom stereocenters. The molecule has 0 saturated heterocycles. The number of allylic oxidation sites excluding steroid dienone is 1. The summed E-state index contributed by atoms with van der Waals surface area (Å²) in [7, 11) is 3.20. The second-order valence-electron chi connectivity index (χ2n) is 8.14. The number of hydrogen-bond acceptors (Lipinski definition) is 6. The van der Waals surface area contributed by atoms with E-state index in [0.717, 1.165) is 17.8 Å². The van der Waals surface area contributed by atoms with Crippen molar-refractivity contribution in [1.82, 2.24) is 14.8 Å². The van der Waals surface area contributed by atoms with Gasteiger partial charge in [-0.1, -0.05) is 42.5 Å². The fourth-order valence-electron chi connectivity index (χ4n) is 3.69. The summed E-state index contributed by atoms with van der Waals surface area (Å²) in [4.78, 5) is 16.2. The third-order valence-electron chi connectivity index (χ3n) is 5.54. The maximum absolute atomic E-state index is 13.7. The largest absolute Gasteiger partial charge is 0.496 e. The van der Waals surface area contributed by atoms with Crippen molar-refractivity contribution in [2.75, 3.05) is 7.11 Å². The highest BCUT2D eigenvalue weighted by Crippen LogP contribution is 2.38. The van der Waals surface area contributed by atoms with E-state index in [1.807, 2.05) is 6.07 Å². The quantitative estimate of drug-likeness (QED) is 0.145. The topological polar surface area (TPSA) is 80.8 Å². The number of carbonyl (C=O) groups is 1. The maximum atomic E-state index is 13.7. The number of carbonyl (C=O) groups excluding carboxylic acids is 1. The smallest absolute Gasteiger partial charge is 0.433 e. The lowest BCUT2D eigenvalue weighted by Gasteiger charge is -2.15. The second kappa shape index (κ2) is 11.4. The lowest BCUT2D eigenvalue weighted by atomic mass is 10.0. The van der Waals surface area contributed by atoms with E-state index in [1.165, 1.54) is 17.9 Å². The van der Waals surface area contributed by atoms with Gasteiger partial charge in [0.2, 0.25) is 5.78 Å². The summed E-state index contributed by atoms with van der Waals surface area (Å²) in [6.07, 6.45) is 0.0103. The van der Waals surface area contributed by atoms with Crippen LogP contribution in [0.2, 0.25) is 0 Å². The molecule has 4 rings (SSSR count). The molecule has 0 fully saturated rings. The van der Waals surface area contributed by atoms with Crippen molar-refractivity contribution in [3.05, 3.63) is 101 Å². The third kappa shape index (κ3) is 6.12. The lowest BCUT2D eigenvalue weighted by Crippen LogP contribution is -2.10. The van der Waals surface area contributed by atoms with E-state index >= 15 is 0 Å². The van der Waals surface area contributed by atoms with Gasteiger partial charge in [0.05, 0.1) is 12.7 Å². The first-order valence-corrected chi connectivity index (χ1v) is 12.3. The number of nitrogens with zero attached hydrogens (tertiary/aromatic N) is 4. The van der Waals surface area contributed by atoms with Crippen LogP contribution in [-0.2, 0) is 19.0 Å². The Labute approximate surface area is 221 Å². The molecule has 38 heavy (non-hydrogen) atoms. The zero-order valence-corrected chi connectivity index (χ0v) is 21.2. The molecule has 2 aromatic heterocycles. The Balaban J connectivity index is 1.66. The molecule has 0 aliphatic carbocycles. The van der Waals surface area contributed by atoms with Gasteiger partial charge in [-0.25, -0.2) is 4.98 Å². The molecular weight excluding hydrogens is 513 g/mol. The van der Waals surface area contributed by atoms with E-state index in [1.54, 1.807) is 73.9 Å². The first-order valence-electron chi connectivity index (χ1n) is 11.3. The molecule has 6 nitrogen and oxygen atoms in total. The molecule has 0 radical (unpaired) electrons. The molecule has 0 atom stereocenters. The highest BCUT2D eigenvalue weighted by molar-refractivity contribution is 7.98. The molecule has 0 amide bonds. The molecule has 0 aliphatic heterocycles. The summed E-state index contributed by atoms with van der Waals surface area (Å²) in [5.74, 6) is 0.424. The van der Waals surface area contributed by atoms with Crippen LogP contribution >= 0.6 is 11.8 Å². The lowest BCUT2D eigenvalue weighted by molar-refractivity contribution is -0.141. The van der Waals surface area contributed by atoms with Crippen LogP contribution in [0, 0.1) is 11.3 Å². The normalized spacial score (nSPS) is 11.5. The third-order valence-corrected chi connectivity index (χ3v) is 6.56. The number of rotatable bonds is 8. The summed E-state index contributed by atoms with van der Waals surface area (Å²) in [6, 6.07) is 18.2. The van der Waals surface area contributed by atoms with E-state index in [2.05, 4.69) is 10.1 Å². The first-order chi connectivity index (χ1) is 18.2. The van der Waals surface area contributed by atoms with Crippen molar-refractivity contribution in [2.45, 2.75) is 17.0 Å². The Morgan fingerprint density at radius 1 is 1.16 bits per heavy atom. The van der Waals surface area contributed by atoms with Gasteiger partial charge in [-0.3, -0.25) is 9.48 Å². The predicted octanol–water partition coefficient (Wildman–Crippen LogP) is 6.57. The van der Waals surface area contributed by atoms with Crippen molar-refractivity contribution in [3.8, 4) is 22.9 Å². The molecule has 0 N–H and O–H groups in total. The molecule has 0 spiro atoms. The van der Waals surface area contributed by atoms with Crippen LogP contribution in [0.25, 0.3) is 17.2 Å². The highest BCUT2D eigenvalue weighted by atomic mass is 32.2. The van der Waals surface area contributed by atoms with Gasteiger partial charge in [-0.15, -0.1) is 11.8 Å². The second-order valence-corrected chi connectivity index (χ2v) is 9.11. The summed E-state index contributed by atoms with van der Waals surface area (Å²) >= 11 is 1.01. The molecule has 2 aromatic carbocycles. The Bertz CT molecular complexity index is 1540. The van der Waals surface area contributed by atoms with Gasteiger partial charge in [0.15, 0.2) is 0 Å². The first kappa shape index (κ1) is 26.7. The fourth-order valence-corrected chi connectivity index (χ4v) is 4.67. The Kier molecular flexibility index (Phi) is 7.98. The highest BCUT2D eigenvalue weighted by Gasteiger charge is 2.34. The van der Waals surface area contributed by atoms with E-state index in [0.29, 0.717) is 28.1 Å². The minimum absolute atomic E-state index is 0.0329. The van der Waals surface area contributed by atoms with Crippen LogP contribution in [0.1, 0.15) is 32.9 Å². The number of pyridine rings is 1. The summed E-state index contributed by atoms with van der Waals surface area (Å²) < 4.78 is 48.0. The number of benzene rings is 2. The Morgan fingerprint density at radius 2 is 1.92 bits per heavy atom. The molecular formula is C28H21F3N4O2S. The van der Waals surface area contributed by atoms with E-state index in [9.17, 15) is 23.2 Å². The molecule has 192 valence electrons. The summed E-state index contributed by atoms with van der Waals surface area (Å²) in [6.45, 7) is 0. The molecule has 0 bridgehead atoms. The molecule has 4 aromatic rings. The average Bonchev–Trinajstić information content (AvgIpc) is 3.36. The predicted molar refractivity (Wildman–Crippen MR) is 139 cm³/mol. The monoisotopic (exact) mass is 534 g/mol. The number of halogens is 3. The summed E-state index contributed by atoms with van der Waals surface area (Å²) in [5, 5.41) is 13.9. The number of ketones is 1. The number of aromatic nitrogens is 3. The molecule has 0 saturated carbocycles. The van der Waals surface area contributed by atoms with Crippen LogP contribution < -0.4 is 4.74 Å². The summed E-state index contributed by atoms with van der Waals surface area (Å²) in [5.41, 5.74) is 1.29. The van der Waals surface area contributed by atoms with Crippen molar-refractivity contribution < 1.29 is 22.7 Å². The van der Waals surface area contributed by atoms with Crippen LogP contribution in [0.3, 0.4) is 0 Å². The Morgan fingerprint density at radius 3 is 2.55 bits per heavy atom. The number of methoxy groups -OCH3 is 1. The van der Waals surface area contributed by atoms with Crippen molar-refractivity contribution >= 4 is 23.6 Å². The average molecular weight is 535 g/mol. The Hall–Kier alpha value is -4.36. The fraction of sp³-hybridized carbons (Fsp3) is 0.143. The minimum atomic E-state index is -4.69. The van der Waals surface area contributed by atoms with Crippen molar-refractivity contribution in [1.29, 1.82) is 5.26 Å². The molecule has 0 aliphatic rings. The van der Waals surface area contributed by atoms with Gasteiger partial charge < -0.3 is 4.74 Å². The number of ether oxygens (including phenoxy) is 1. The zero-order valence-electron chi connectivity index (χ0n) is 20.4. The van der Waals surface area contributed by atoms with E-state index in [4.69, 9.17) is 4.74 Å². The SMILES string of the molecule is COc1ccc(/C=C/C(=O)c2ccn(C)n2)cc1CSc1nc(C(F)(F)F)cc(-c2ccccc2)c1C#N. The van der Waals surface area contributed by atoms with E-state index in [-0.39, 0.29) is 27.7 Å². The van der Waals surface area contributed by atoms with Gasteiger partial charge >= 0.3 is 6.18 Å². The van der Waals surface area contributed by atoms with Gasteiger partial charge in [0, 0.05) is 30.1 Å². The van der Waals surface area contributed by atoms with Gasteiger partial charge in [0.25, 0.3) is 0 Å². The molecule has 2 heterocycles. The zero-order chi connectivity index (χ0) is 27.3. The van der Waals surface area contributed by atoms with Gasteiger partial charge in [-0.05, 0) is 41.5 Å². The maximum Gasteiger partial charge on any atom is 0.433 e. The minimum Gasteiger partial charge on any atom is -0.496 e. The van der Waals surface area contributed by atoms with Crippen molar-refractivity contribution in [2.24, 2.45) is 7.05 Å². The standard InChI is InChI=1S/C28H21F3N4O2S/c1-35-13-12-23(34-35)24(36)10-8-18-9-11-25(37-2)20(14-18)17-38-27-22(16-32)21(19-6-4-3-5-7-19)15-26(33-27)28(29,30)31/h3-15H,17H2,1-2H3/b10-8+. The number of thioether (sulfide) groups is 1. The van der Waals surface area contributed by atoms with Gasteiger partial charge in [0.1, 0.15) is 28.2 Å². The van der Waals surface area contributed by atoms with Crippen molar-refractivity contribution in [3.63, 3.8) is 0 Å². The van der Waals surface area contributed by atoms with Crippen LogP contribution in [0.15, 0.2) is 78.0 Å². The number of hydrogen-bond donors (Lipinski definition) is 0. The molecule has 10 heteroatoms. The van der Waals surface area contributed by atoms with Crippen LogP contribution in [-0.4, -0.2) is 27.7 Å². The van der Waals surface area contributed by atoms with Crippen LogP contribution in [0.5, 0.6) is 5.75 Å². The van der Waals surface area contributed by atoms with Gasteiger partial charge in [-0.2, -0.15) is 23.5 Å². The number of alkyl halides is 3. The van der Waals surface area contributed by atoms with Crippen LogP contribution in [0.4, 0.5) is 13.2 Å². The number of nitriles is 1. The number of aryl methyl sites for hydroxylation is 1. The van der Waals surface area contributed by atoms with E-state index < -0.39 is 11.9 Å².